The third kappa shape index (κ3) is 1.59. The smallest absolute Gasteiger partial charge is 0.165 e. The molecule has 2 nitrogen and oxygen atoms in total. The summed E-state index contributed by atoms with van der Waals surface area (Å²) in [4.78, 5) is 3.98. The molecule has 0 amide bonds. The molecule has 0 radical (unpaired) electrons. The van der Waals surface area contributed by atoms with E-state index in [1.807, 2.05) is 0 Å². The van der Waals surface area contributed by atoms with E-state index in [9.17, 15) is 4.39 Å². The molecule has 1 unspecified atom stereocenters. The van der Waals surface area contributed by atoms with Crippen molar-refractivity contribution in [3.63, 3.8) is 0 Å². The quantitative estimate of drug-likeness (QED) is 0.783. The van der Waals surface area contributed by atoms with Crippen LogP contribution in [0.1, 0.15) is 26.7 Å². The van der Waals surface area contributed by atoms with E-state index in [1.54, 1.807) is 12.3 Å². The highest BCUT2D eigenvalue weighted by Crippen LogP contribution is 2.41. The lowest BCUT2D eigenvalue weighted by Crippen LogP contribution is -2.45. The largest absolute Gasteiger partial charge is 0.364 e. The number of pyridine rings is 1. The second kappa shape index (κ2) is 3.23. The molecule has 1 aromatic heterocycles. The first-order valence-corrected chi connectivity index (χ1v) is 4.97. The number of hydrogen-bond acceptors (Lipinski definition) is 2. The molecular formula is C11H15FN2. The minimum Gasteiger partial charge on any atom is -0.364 e. The molecule has 1 aliphatic rings. The van der Waals surface area contributed by atoms with Gasteiger partial charge in [-0.3, -0.25) is 0 Å². The van der Waals surface area contributed by atoms with Gasteiger partial charge in [-0.15, -0.1) is 0 Å². The molecule has 1 heterocycles. The number of halogens is 1. The highest BCUT2D eigenvalue weighted by Gasteiger charge is 2.38. The zero-order chi connectivity index (χ0) is 10.2. The highest BCUT2D eigenvalue weighted by molar-refractivity contribution is 5.38. The SMILES string of the molecule is CC1(C)CCC1Nc1ncccc1F. The van der Waals surface area contributed by atoms with Crippen molar-refractivity contribution in [3.05, 3.63) is 24.1 Å². The topological polar surface area (TPSA) is 24.9 Å². The molecule has 1 fully saturated rings. The summed E-state index contributed by atoms with van der Waals surface area (Å²) < 4.78 is 13.2. The number of nitrogens with one attached hydrogen (secondary N) is 1. The van der Waals surface area contributed by atoms with E-state index in [0.29, 0.717) is 11.9 Å². The predicted molar refractivity (Wildman–Crippen MR) is 54.6 cm³/mol. The Morgan fingerprint density at radius 2 is 2.36 bits per heavy atom. The minimum absolute atomic E-state index is 0.268. The summed E-state index contributed by atoms with van der Waals surface area (Å²) in [7, 11) is 0. The monoisotopic (exact) mass is 194 g/mol. The lowest BCUT2D eigenvalue weighted by molar-refractivity contribution is 0.159. The van der Waals surface area contributed by atoms with Gasteiger partial charge < -0.3 is 5.32 Å². The van der Waals surface area contributed by atoms with E-state index >= 15 is 0 Å². The van der Waals surface area contributed by atoms with Crippen LogP contribution < -0.4 is 5.32 Å². The van der Waals surface area contributed by atoms with Gasteiger partial charge in [0, 0.05) is 12.2 Å². The molecule has 1 N–H and O–H groups in total. The maximum atomic E-state index is 13.2. The van der Waals surface area contributed by atoms with E-state index in [-0.39, 0.29) is 11.2 Å². The second-order valence-corrected chi connectivity index (χ2v) is 4.56. The lowest BCUT2D eigenvalue weighted by atomic mass is 9.67. The van der Waals surface area contributed by atoms with Crippen LogP contribution in [0.5, 0.6) is 0 Å². The van der Waals surface area contributed by atoms with Crippen LogP contribution in [0, 0.1) is 11.2 Å². The Balaban J connectivity index is 2.08. The Bertz CT molecular complexity index is 336. The third-order valence-electron chi connectivity index (χ3n) is 3.09. The molecule has 0 saturated heterocycles. The first-order chi connectivity index (χ1) is 6.59. The molecule has 0 spiro atoms. The fraction of sp³-hybridized carbons (Fsp3) is 0.545. The first kappa shape index (κ1) is 9.44. The van der Waals surface area contributed by atoms with Gasteiger partial charge in [-0.2, -0.15) is 0 Å². The van der Waals surface area contributed by atoms with Gasteiger partial charge in [0.1, 0.15) is 0 Å². The molecule has 1 saturated carbocycles. The van der Waals surface area contributed by atoms with E-state index < -0.39 is 0 Å². The van der Waals surface area contributed by atoms with Gasteiger partial charge in [-0.1, -0.05) is 13.8 Å². The highest BCUT2D eigenvalue weighted by atomic mass is 19.1. The summed E-state index contributed by atoms with van der Waals surface area (Å²) in [6.45, 7) is 4.38. The average Bonchev–Trinajstić information content (AvgIpc) is 2.15. The fourth-order valence-corrected chi connectivity index (χ4v) is 1.79. The molecule has 14 heavy (non-hydrogen) atoms. The van der Waals surface area contributed by atoms with Crippen LogP contribution in [0.25, 0.3) is 0 Å². The van der Waals surface area contributed by atoms with E-state index in [1.165, 1.54) is 12.5 Å². The number of nitrogens with zero attached hydrogens (tertiary/aromatic N) is 1. The maximum Gasteiger partial charge on any atom is 0.165 e. The molecule has 1 atom stereocenters. The first-order valence-electron chi connectivity index (χ1n) is 4.97. The predicted octanol–water partition coefficient (Wildman–Crippen LogP) is 2.82. The molecule has 0 bridgehead atoms. The van der Waals surface area contributed by atoms with E-state index in [4.69, 9.17) is 0 Å². The van der Waals surface area contributed by atoms with Crippen molar-refractivity contribution in [1.82, 2.24) is 4.98 Å². The maximum absolute atomic E-state index is 13.2. The number of hydrogen-bond donors (Lipinski definition) is 1. The molecule has 1 aliphatic carbocycles. The van der Waals surface area contributed by atoms with Crippen molar-refractivity contribution in [2.24, 2.45) is 5.41 Å². The van der Waals surface area contributed by atoms with Crippen molar-refractivity contribution >= 4 is 5.82 Å². The van der Waals surface area contributed by atoms with Gasteiger partial charge in [-0.05, 0) is 30.4 Å². The summed E-state index contributed by atoms with van der Waals surface area (Å²) in [5.41, 5.74) is 0.268. The van der Waals surface area contributed by atoms with Crippen molar-refractivity contribution in [3.8, 4) is 0 Å². The van der Waals surface area contributed by atoms with Crippen LogP contribution in [-0.2, 0) is 0 Å². The standard InChI is InChI=1S/C11H15FN2/c1-11(2)6-5-9(11)14-10-8(12)4-3-7-13-10/h3-4,7,9H,5-6H2,1-2H3,(H,13,14). The Hall–Kier alpha value is -1.12. The van der Waals surface area contributed by atoms with E-state index in [2.05, 4.69) is 24.1 Å². The molecular weight excluding hydrogens is 179 g/mol. The molecule has 0 aromatic carbocycles. The Kier molecular flexibility index (Phi) is 2.17. The van der Waals surface area contributed by atoms with Gasteiger partial charge in [-0.25, -0.2) is 9.37 Å². The minimum atomic E-state index is -0.268. The molecule has 76 valence electrons. The summed E-state index contributed by atoms with van der Waals surface area (Å²) in [6.07, 6.45) is 3.90. The number of anilines is 1. The Morgan fingerprint density at radius 3 is 2.86 bits per heavy atom. The number of rotatable bonds is 2. The molecule has 2 rings (SSSR count). The molecule has 0 aliphatic heterocycles. The van der Waals surface area contributed by atoms with Crippen molar-refractivity contribution in [1.29, 1.82) is 0 Å². The second-order valence-electron chi connectivity index (χ2n) is 4.56. The summed E-state index contributed by atoms with van der Waals surface area (Å²) in [5, 5.41) is 3.15. The normalized spacial score (nSPS) is 24.1. The van der Waals surface area contributed by atoms with Gasteiger partial charge in [0.15, 0.2) is 11.6 Å². The summed E-state index contributed by atoms with van der Waals surface area (Å²) in [6, 6.07) is 3.39. The van der Waals surface area contributed by atoms with Gasteiger partial charge >= 0.3 is 0 Å². The van der Waals surface area contributed by atoms with Crippen LogP contribution in [0.3, 0.4) is 0 Å². The van der Waals surface area contributed by atoms with Crippen molar-refractivity contribution in [2.45, 2.75) is 32.7 Å². The lowest BCUT2D eigenvalue weighted by Gasteiger charge is -2.45. The Labute approximate surface area is 83.6 Å². The average molecular weight is 194 g/mol. The molecule has 3 heteroatoms. The summed E-state index contributed by atoms with van der Waals surface area (Å²) >= 11 is 0. The number of aromatic nitrogens is 1. The van der Waals surface area contributed by atoms with Gasteiger partial charge in [0.2, 0.25) is 0 Å². The van der Waals surface area contributed by atoms with Crippen LogP contribution in [0.15, 0.2) is 18.3 Å². The van der Waals surface area contributed by atoms with Crippen LogP contribution in [0.4, 0.5) is 10.2 Å². The Morgan fingerprint density at radius 1 is 1.57 bits per heavy atom. The third-order valence-corrected chi connectivity index (χ3v) is 3.09. The van der Waals surface area contributed by atoms with Crippen molar-refractivity contribution < 1.29 is 4.39 Å². The zero-order valence-corrected chi connectivity index (χ0v) is 8.55. The zero-order valence-electron chi connectivity index (χ0n) is 8.55. The molecule has 1 aromatic rings. The fourth-order valence-electron chi connectivity index (χ4n) is 1.79. The van der Waals surface area contributed by atoms with Crippen LogP contribution in [0.2, 0.25) is 0 Å². The van der Waals surface area contributed by atoms with Crippen LogP contribution >= 0.6 is 0 Å². The summed E-state index contributed by atoms with van der Waals surface area (Å²) in [5.74, 6) is 0.112. The van der Waals surface area contributed by atoms with Crippen LogP contribution in [-0.4, -0.2) is 11.0 Å². The van der Waals surface area contributed by atoms with Gasteiger partial charge in [0.25, 0.3) is 0 Å². The van der Waals surface area contributed by atoms with Crippen molar-refractivity contribution in [2.75, 3.05) is 5.32 Å². The van der Waals surface area contributed by atoms with Gasteiger partial charge in [0.05, 0.1) is 0 Å². The van der Waals surface area contributed by atoms with E-state index in [0.717, 1.165) is 6.42 Å².